The highest BCUT2D eigenvalue weighted by Gasteiger charge is 2.32. The van der Waals surface area contributed by atoms with Crippen LogP contribution in [0, 0.1) is 13.8 Å². The summed E-state index contributed by atoms with van der Waals surface area (Å²) >= 11 is 0. The zero-order valence-corrected chi connectivity index (χ0v) is 12.8. The number of aliphatic hydroxyl groups excluding tert-OH is 1. The minimum absolute atomic E-state index is 0.141. The van der Waals surface area contributed by atoms with Crippen molar-refractivity contribution in [3.05, 3.63) is 27.2 Å². The maximum atomic E-state index is 12.8. The lowest BCUT2D eigenvalue weighted by Crippen LogP contribution is -2.53. The van der Waals surface area contributed by atoms with Crippen molar-refractivity contribution in [2.45, 2.75) is 32.9 Å². The Morgan fingerprint density at radius 1 is 1.48 bits per heavy atom. The first-order valence-corrected chi connectivity index (χ1v) is 6.94. The summed E-state index contributed by atoms with van der Waals surface area (Å²) in [6.45, 7) is 5.83. The molecule has 0 radical (unpaired) electrons. The second-order valence-corrected chi connectivity index (χ2v) is 5.46. The Balaban J connectivity index is 2.42. The summed E-state index contributed by atoms with van der Waals surface area (Å²) in [4.78, 5) is 26.6. The lowest BCUT2D eigenvalue weighted by molar-refractivity contribution is -0.0668. The third-order valence-corrected chi connectivity index (χ3v) is 3.91. The van der Waals surface area contributed by atoms with E-state index in [1.807, 2.05) is 6.92 Å². The van der Waals surface area contributed by atoms with E-state index in [9.17, 15) is 14.7 Å². The molecule has 2 rings (SSSR count). The van der Waals surface area contributed by atoms with Crippen LogP contribution in [0.15, 0.2) is 4.79 Å². The van der Waals surface area contributed by atoms with Crippen molar-refractivity contribution in [2.24, 2.45) is 7.05 Å². The van der Waals surface area contributed by atoms with E-state index in [1.54, 1.807) is 18.7 Å². The Morgan fingerprint density at radius 3 is 2.76 bits per heavy atom. The number of aliphatic hydroxyl groups is 1. The summed E-state index contributed by atoms with van der Waals surface area (Å²) < 4.78 is 6.61. The van der Waals surface area contributed by atoms with Gasteiger partial charge in [0.25, 0.3) is 11.5 Å². The highest BCUT2D eigenvalue weighted by atomic mass is 16.5. The van der Waals surface area contributed by atoms with Crippen LogP contribution in [0.25, 0.3) is 0 Å². The van der Waals surface area contributed by atoms with E-state index >= 15 is 0 Å². The molecule has 2 atom stereocenters. The van der Waals surface area contributed by atoms with Gasteiger partial charge in [0, 0.05) is 13.6 Å². The van der Waals surface area contributed by atoms with Gasteiger partial charge in [-0.15, -0.1) is 0 Å². The van der Waals surface area contributed by atoms with Gasteiger partial charge in [0.05, 0.1) is 31.1 Å². The first kappa shape index (κ1) is 15.7. The van der Waals surface area contributed by atoms with Crippen LogP contribution in [0.5, 0.6) is 0 Å². The molecule has 1 N–H and O–H groups in total. The highest BCUT2D eigenvalue weighted by Crippen LogP contribution is 2.16. The van der Waals surface area contributed by atoms with Crippen LogP contribution >= 0.6 is 0 Å². The van der Waals surface area contributed by atoms with Crippen LogP contribution < -0.4 is 5.56 Å². The largest absolute Gasteiger partial charge is 0.394 e. The van der Waals surface area contributed by atoms with E-state index in [1.165, 1.54) is 11.7 Å². The number of aryl methyl sites for hydroxylation is 2. The molecule has 1 amide bonds. The molecular weight excluding hydrogens is 274 g/mol. The van der Waals surface area contributed by atoms with Crippen LogP contribution in [-0.2, 0) is 11.8 Å². The lowest BCUT2D eigenvalue weighted by Gasteiger charge is -2.37. The molecular formula is C14H21N3O4. The third-order valence-electron chi connectivity index (χ3n) is 3.91. The van der Waals surface area contributed by atoms with E-state index < -0.39 is 11.7 Å². The molecule has 1 saturated heterocycles. The van der Waals surface area contributed by atoms with E-state index in [0.29, 0.717) is 17.9 Å². The van der Waals surface area contributed by atoms with Gasteiger partial charge >= 0.3 is 0 Å². The predicted molar refractivity (Wildman–Crippen MR) is 76.3 cm³/mol. The Labute approximate surface area is 123 Å². The molecule has 0 saturated carbocycles. The van der Waals surface area contributed by atoms with Crippen LogP contribution in [0.4, 0.5) is 0 Å². The van der Waals surface area contributed by atoms with Gasteiger partial charge in [-0.2, -0.15) is 5.10 Å². The maximum absolute atomic E-state index is 12.8. The van der Waals surface area contributed by atoms with Crippen molar-refractivity contribution in [2.75, 3.05) is 19.8 Å². The van der Waals surface area contributed by atoms with Gasteiger partial charge in [-0.1, -0.05) is 0 Å². The minimum Gasteiger partial charge on any atom is -0.394 e. The molecule has 1 aliphatic heterocycles. The quantitative estimate of drug-likeness (QED) is 0.804. The van der Waals surface area contributed by atoms with Gasteiger partial charge in [-0.3, -0.25) is 9.59 Å². The fourth-order valence-corrected chi connectivity index (χ4v) is 2.45. The summed E-state index contributed by atoms with van der Waals surface area (Å²) in [5.74, 6) is -0.326. The van der Waals surface area contributed by atoms with E-state index in [2.05, 4.69) is 5.10 Å². The van der Waals surface area contributed by atoms with E-state index in [-0.39, 0.29) is 30.7 Å². The fraction of sp³-hybridized carbons (Fsp3) is 0.643. The predicted octanol–water partition coefficient (Wildman–Crippen LogP) is -0.381. The fourth-order valence-electron chi connectivity index (χ4n) is 2.45. The minimum atomic E-state index is -0.405. The van der Waals surface area contributed by atoms with Gasteiger partial charge in [0.1, 0.15) is 5.56 Å². The number of hydrogen-bond donors (Lipinski definition) is 1. The standard InChI is InChI=1S/C14H21N3O4/c1-8-7-21-11(6-18)5-17(8)14(20)12-9(2)10(3)15-16(4)13(12)19/h8,11,18H,5-7H2,1-4H3. The second kappa shape index (κ2) is 5.95. The molecule has 1 aromatic heterocycles. The molecule has 7 nitrogen and oxygen atoms in total. The molecule has 0 bridgehead atoms. The van der Waals surface area contributed by atoms with Gasteiger partial charge in [-0.05, 0) is 26.3 Å². The van der Waals surface area contributed by atoms with Crippen molar-refractivity contribution in [3.8, 4) is 0 Å². The monoisotopic (exact) mass is 295 g/mol. The number of morpholine rings is 1. The molecule has 0 spiro atoms. The summed E-state index contributed by atoms with van der Waals surface area (Å²) in [6, 6.07) is -0.141. The molecule has 116 valence electrons. The Kier molecular flexibility index (Phi) is 4.43. The number of carbonyl (C=O) groups is 1. The van der Waals surface area contributed by atoms with Crippen LogP contribution in [0.1, 0.15) is 28.5 Å². The number of nitrogens with zero attached hydrogens (tertiary/aromatic N) is 3. The molecule has 2 heterocycles. The number of ether oxygens (including phenoxy) is 1. The van der Waals surface area contributed by atoms with Crippen molar-refractivity contribution in [1.82, 2.24) is 14.7 Å². The number of rotatable bonds is 2. The van der Waals surface area contributed by atoms with Crippen molar-refractivity contribution in [1.29, 1.82) is 0 Å². The Bertz CT molecular complexity index is 611. The Hall–Kier alpha value is -1.73. The number of hydrogen-bond acceptors (Lipinski definition) is 5. The Morgan fingerprint density at radius 2 is 2.14 bits per heavy atom. The normalized spacial score (nSPS) is 22.4. The average Bonchev–Trinajstić information content (AvgIpc) is 2.46. The molecule has 2 unspecified atom stereocenters. The van der Waals surface area contributed by atoms with Crippen molar-refractivity contribution >= 4 is 5.91 Å². The molecule has 21 heavy (non-hydrogen) atoms. The molecule has 7 heteroatoms. The number of amides is 1. The van der Waals surface area contributed by atoms with E-state index in [4.69, 9.17) is 4.74 Å². The van der Waals surface area contributed by atoms with Crippen LogP contribution in [0.3, 0.4) is 0 Å². The van der Waals surface area contributed by atoms with Gasteiger partial charge in [-0.25, -0.2) is 4.68 Å². The molecule has 0 aliphatic carbocycles. The van der Waals surface area contributed by atoms with Crippen LogP contribution in [0.2, 0.25) is 0 Å². The van der Waals surface area contributed by atoms with Crippen molar-refractivity contribution in [3.63, 3.8) is 0 Å². The zero-order valence-electron chi connectivity index (χ0n) is 12.8. The molecule has 1 fully saturated rings. The van der Waals surface area contributed by atoms with Gasteiger partial charge < -0.3 is 14.7 Å². The first-order valence-electron chi connectivity index (χ1n) is 6.94. The highest BCUT2D eigenvalue weighted by molar-refractivity contribution is 5.95. The zero-order chi connectivity index (χ0) is 15.7. The molecule has 0 aromatic carbocycles. The first-order chi connectivity index (χ1) is 9.86. The second-order valence-electron chi connectivity index (χ2n) is 5.46. The number of aromatic nitrogens is 2. The SMILES string of the molecule is Cc1nn(C)c(=O)c(C(=O)N2CC(CO)OCC2C)c1C. The van der Waals surface area contributed by atoms with Crippen molar-refractivity contribution < 1.29 is 14.6 Å². The van der Waals surface area contributed by atoms with Crippen LogP contribution in [-0.4, -0.2) is 57.6 Å². The summed E-state index contributed by atoms with van der Waals surface area (Å²) in [5, 5.41) is 13.3. The van der Waals surface area contributed by atoms with Gasteiger partial charge in [0.2, 0.25) is 0 Å². The third kappa shape index (κ3) is 2.84. The molecule has 1 aromatic rings. The smallest absolute Gasteiger partial charge is 0.279 e. The van der Waals surface area contributed by atoms with E-state index in [0.717, 1.165) is 0 Å². The average molecular weight is 295 g/mol. The summed E-state index contributed by atoms with van der Waals surface area (Å²) in [7, 11) is 1.53. The maximum Gasteiger partial charge on any atom is 0.279 e. The number of carbonyl (C=O) groups excluding carboxylic acids is 1. The molecule has 1 aliphatic rings. The lowest BCUT2D eigenvalue weighted by atomic mass is 10.1. The summed E-state index contributed by atoms with van der Waals surface area (Å²) in [5.41, 5.74) is 1.00. The van der Waals surface area contributed by atoms with Gasteiger partial charge in [0.15, 0.2) is 0 Å². The topological polar surface area (TPSA) is 84.7 Å². The summed E-state index contributed by atoms with van der Waals surface area (Å²) in [6.07, 6.45) is -0.405.